The van der Waals surface area contributed by atoms with Crippen molar-refractivity contribution in [3.05, 3.63) is 222 Å². The summed E-state index contributed by atoms with van der Waals surface area (Å²) in [4.78, 5) is 5.05. The number of rotatable bonds is 4. The first-order valence-electron chi connectivity index (χ1n) is 23.4. The Hall–Kier alpha value is -8.28. The molecule has 2 aliphatic rings. The second kappa shape index (κ2) is 14.1. The minimum Gasteiger partial charge on any atom is -0.311 e. The van der Waals surface area contributed by atoms with Gasteiger partial charge in [-0.1, -0.05) is 113 Å². The van der Waals surface area contributed by atoms with Crippen molar-refractivity contribution in [1.82, 2.24) is 9.13 Å². The highest BCUT2D eigenvalue weighted by molar-refractivity contribution is 7.00. The van der Waals surface area contributed by atoms with Crippen molar-refractivity contribution in [3.63, 3.8) is 0 Å². The standard InChI is InChI=1S/C62H45BN4/c1-38-17-27-54-48(31-38)49-32-39(2)18-28-55(49)65(54)46-23-25-52-60(36-46)64(44-13-6-5-7-14-44)58-15-10-16-59-62(58)63(52)53-26-24-47(37-61(53)67(59)45-22-21-42-11-8-9-12-43(42)35-45)66-56-29-19-40(3)33-50(56)51-34-41(4)20-30-57(51)66/h5-37H,1-4H3. The molecule has 0 saturated carbocycles. The van der Waals surface area contributed by atoms with Crippen LogP contribution in [0.4, 0.5) is 34.1 Å². The van der Waals surface area contributed by atoms with Gasteiger partial charge in [0, 0.05) is 67.0 Å². The summed E-state index contributed by atoms with van der Waals surface area (Å²) in [5, 5.41) is 7.58. The second-order valence-electron chi connectivity index (χ2n) is 18.9. The predicted molar refractivity (Wildman–Crippen MR) is 286 cm³/mol. The van der Waals surface area contributed by atoms with Crippen molar-refractivity contribution in [3.8, 4) is 11.4 Å². The number of aromatic nitrogens is 2. The van der Waals surface area contributed by atoms with E-state index in [1.807, 2.05) is 0 Å². The number of aryl methyl sites for hydroxylation is 4. The molecule has 0 saturated heterocycles. The molecule has 0 unspecified atom stereocenters. The largest absolute Gasteiger partial charge is 0.311 e. The molecule has 0 fully saturated rings. The Kier molecular flexibility index (Phi) is 8.01. The number of hydrogen-bond acceptors (Lipinski definition) is 2. The molecular formula is C62H45BN4. The fourth-order valence-corrected chi connectivity index (χ4v) is 11.7. The van der Waals surface area contributed by atoms with Crippen LogP contribution in [0.2, 0.25) is 0 Å². The third-order valence-corrected chi connectivity index (χ3v) is 14.6. The zero-order valence-electron chi connectivity index (χ0n) is 37.9. The third kappa shape index (κ3) is 5.55. The van der Waals surface area contributed by atoms with E-state index in [0.717, 1.165) is 22.7 Å². The number of anilines is 6. The van der Waals surface area contributed by atoms with Crippen molar-refractivity contribution < 1.29 is 0 Å². The Labute approximate surface area is 390 Å². The van der Waals surface area contributed by atoms with Gasteiger partial charge in [-0.05, 0) is 164 Å². The van der Waals surface area contributed by atoms with Crippen molar-refractivity contribution in [2.24, 2.45) is 0 Å². The van der Waals surface area contributed by atoms with Crippen LogP contribution in [0.25, 0.3) is 65.8 Å². The first-order valence-corrected chi connectivity index (χ1v) is 23.4. The van der Waals surface area contributed by atoms with Crippen LogP contribution in [0.1, 0.15) is 22.3 Å². The van der Waals surface area contributed by atoms with E-state index in [1.54, 1.807) is 0 Å². The van der Waals surface area contributed by atoms with E-state index in [-0.39, 0.29) is 6.71 Å². The summed E-state index contributed by atoms with van der Waals surface area (Å²) < 4.78 is 4.94. The summed E-state index contributed by atoms with van der Waals surface area (Å²) in [5.41, 5.74) is 23.1. The zero-order chi connectivity index (χ0) is 44.7. The molecule has 0 N–H and O–H groups in total. The molecular weight excluding hydrogens is 812 g/mol. The molecule has 14 rings (SSSR count). The van der Waals surface area contributed by atoms with Gasteiger partial charge in [0.25, 0.3) is 6.71 Å². The molecule has 5 heteroatoms. The Bertz CT molecular complexity index is 3950. The van der Waals surface area contributed by atoms with Gasteiger partial charge in [0.2, 0.25) is 0 Å². The Morgan fingerprint density at radius 1 is 0.299 bits per heavy atom. The lowest BCUT2D eigenvalue weighted by Crippen LogP contribution is -2.61. The monoisotopic (exact) mass is 856 g/mol. The van der Waals surface area contributed by atoms with Gasteiger partial charge in [-0.3, -0.25) is 0 Å². The predicted octanol–water partition coefficient (Wildman–Crippen LogP) is 14.4. The Morgan fingerprint density at radius 2 is 0.731 bits per heavy atom. The van der Waals surface area contributed by atoms with Gasteiger partial charge in [0.15, 0.2) is 0 Å². The number of fused-ring (bicyclic) bond motifs is 11. The molecule has 0 aliphatic carbocycles. The molecule has 2 aromatic heterocycles. The molecule has 316 valence electrons. The minimum atomic E-state index is -0.0251. The van der Waals surface area contributed by atoms with Crippen molar-refractivity contribution in [1.29, 1.82) is 0 Å². The fraction of sp³-hybridized carbons (Fsp3) is 0.0645. The topological polar surface area (TPSA) is 16.3 Å². The van der Waals surface area contributed by atoms with Crippen LogP contribution in [-0.4, -0.2) is 15.8 Å². The first kappa shape index (κ1) is 38.0. The molecule has 12 aromatic rings. The van der Waals surface area contributed by atoms with Gasteiger partial charge in [0.05, 0.1) is 22.1 Å². The number of nitrogens with zero attached hydrogens (tertiary/aromatic N) is 4. The Morgan fingerprint density at radius 3 is 1.22 bits per heavy atom. The molecule has 4 heterocycles. The van der Waals surface area contributed by atoms with Crippen LogP contribution < -0.4 is 26.2 Å². The van der Waals surface area contributed by atoms with E-state index < -0.39 is 0 Å². The first-order chi connectivity index (χ1) is 32.9. The molecule has 0 amide bonds. The maximum Gasteiger partial charge on any atom is 0.252 e. The molecule has 10 aromatic carbocycles. The highest BCUT2D eigenvalue weighted by Gasteiger charge is 2.43. The van der Waals surface area contributed by atoms with Crippen LogP contribution in [0.3, 0.4) is 0 Å². The van der Waals surface area contributed by atoms with Gasteiger partial charge in [-0.25, -0.2) is 0 Å². The normalized spacial score (nSPS) is 13.0. The van der Waals surface area contributed by atoms with E-state index in [0.29, 0.717) is 0 Å². The van der Waals surface area contributed by atoms with E-state index >= 15 is 0 Å². The zero-order valence-corrected chi connectivity index (χ0v) is 37.9. The third-order valence-electron chi connectivity index (χ3n) is 14.6. The van der Waals surface area contributed by atoms with E-state index in [1.165, 1.54) is 116 Å². The van der Waals surface area contributed by atoms with Crippen LogP contribution >= 0.6 is 0 Å². The molecule has 0 spiro atoms. The minimum absolute atomic E-state index is 0.0251. The molecule has 0 radical (unpaired) electrons. The molecule has 4 nitrogen and oxygen atoms in total. The average molecular weight is 857 g/mol. The summed E-state index contributed by atoms with van der Waals surface area (Å²) in [6.07, 6.45) is 0. The van der Waals surface area contributed by atoms with Crippen molar-refractivity contribution in [2.75, 3.05) is 9.80 Å². The summed E-state index contributed by atoms with van der Waals surface area (Å²) in [5.74, 6) is 0. The SMILES string of the molecule is Cc1ccc2c(c1)c1cc(C)ccc1n2-c1ccc2c(c1)N(c1ccccc1)c1cccc3c1B2c1ccc(-n2c4ccc(C)cc4c4cc(C)ccc42)cc1N3c1ccc2ccccc2c1. The summed E-state index contributed by atoms with van der Waals surface area (Å²) in [6.45, 7) is 8.75. The van der Waals surface area contributed by atoms with Gasteiger partial charge in [-0.15, -0.1) is 0 Å². The summed E-state index contributed by atoms with van der Waals surface area (Å²) in [6, 6.07) is 75.6. The van der Waals surface area contributed by atoms with Crippen LogP contribution in [-0.2, 0) is 0 Å². The lowest BCUT2D eigenvalue weighted by Gasteiger charge is -2.44. The second-order valence-corrected chi connectivity index (χ2v) is 18.9. The number of hydrogen-bond donors (Lipinski definition) is 0. The van der Waals surface area contributed by atoms with Gasteiger partial charge < -0.3 is 18.9 Å². The quantitative estimate of drug-likeness (QED) is 0.164. The lowest BCUT2D eigenvalue weighted by molar-refractivity contribution is 1.16. The van der Waals surface area contributed by atoms with Gasteiger partial charge in [-0.2, -0.15) is 0 Å². The molecule has 0 atom stereocenters. The van der Waals surface area contributed by atoms with Gasteiger partial charge >= 0.3 is 0 Å². The number of benzene rings is 10. The van der Waals surface area contributed by atoms with Crippen molar-refractivity contribution >= 4 is 112 Å². The van der Waals surface area contributed by atoms with Crippen LogP contribution in [0.5, 0.6) is 0 Å². The van der Waals surface area contributed by atoms with E-state index in [2.05, 4.69) is 247 Å². The molecule has 0 bridgehead atoms. The fourth-order valence-electron chi connectivity index (χ4n) is 11.7. The maximum atomic E-state index is 2.54. The van der Waals surface area contributed by atoms with Crippen LogP contribution in [0.15, 0.2) is 200 Å². The van der Waals surface area contributed by atoms with Crippen LogP contribution in [0, 0.1) is 27.7 Å². The molecule has 67 heavy (non-hydrogen) atoms. The lowest BCUT2D eigenvalue weighted by atomic mass is 9.33. The average Bonchev–Trinajstić information content (AvgIpc) is 3.84. The smallest absolute Gasteiger partial charge is 0.252 e. The summed E-state index contributed by atoms with van der Waals surface area (Å²) >= 11 is 0. The van der Waals surface area contributed by atoms with E-state index in [4.69, 9.17) is 0 Å². The molecule has 2 aliphatic heterocycles. The highest BCUT2D eigenvalue weighted by Crippen LogP contribution is 2.46. The summed E-state index contributed by atoms with van der Waals surface area (Å²) in [7, 11) is 0. The highest BCUT2D eigenvalue weighted by atomic mass is 15.2. The van der Waals surface area contributed by atoms with Gasteiger partial charge in [0.1, 0.15) is 0 Å². The number of para-hydroxylation sites is 1. The van der Waals surface area contributed by atoms with Crippen molar-refractivity contribution in [2.45, 2.75) is 27.7 Å². The Balaban J connectivity index is 1.05. The van der Waals surface area contributed by atoms with E-state index in [9.17, 15) is 0 Å². The maximum absolute atomic E-state index is 2.54.